The number of aromatic nitrogens is 4. The van der Waals surface area contributed by atoms with Crippen molar-refractivity contribution in [2.45, 2.75) is 26.2 Å². The van der Waals surface area contributed by atoms with Gasteiger partial charge in [-0.1, -0.05) is 54.1 Å². The number of anilines is 1. The largest absolute Gasteiger partial charge is 0.326 e. The van der Waals surface area contributed by atoms with E-state index < -0.39 is 0 Å². The quantitative estimate of drug-likeness (QED) is 0.501. The maximum atomic E-state index is 12.4. The topological polar surface area (TPSA) is 72.2 Å². The van der Waals surface area contributed by atoms with Crippen LogP contribution in [-0.2, 0) is 17.6 Å². The molecule has 0 unspecified atom stereocenters. The molecular formula is C20H18ClN5OS. The van der Waals surface area contributed by atoms with Crippen molar-refractivity contribution in [2.24, 2.45) is 0 Å². The lowest BCUT2D eigenvalue weighted by molar-refractivity contribution is -0.115. The van der Waals surface area contributed by atoms with Crippen molar-refractivity contribution in [1.29, 1.82) is 0 Å². The van der Waals surface area contributed by atoms with E-state index in [0.717, 1.165) is 45.4 Å². The molecule has 0 spiro atoms. The van der Waals surface area contributed by atoms with Crippen LogP contribution in [-0.4, -0.2) is 25.7 Å². The van der Waals surface area contributed by atoms with Gasteiger partial charge in [0.2, 0.25) is 10.9 Å². The average Bonchev–Trinajstić information content (AvgIpc) is 3.26. The van der Waals surface area contributed by atoms with Gasteiger partial charge in [0.15, 0.2) is 5.82 Å². The number of carbonyl (C=O) groups excluding carboxylic acids is 1. The summed E-state index contributed by atoms with van der Waals surface area (Å²) in [7, 11) is 0. The average molecular weight is 412 g/mol. The van der Waals surface area contributed by atoms with Gasteiger partial charge in [0, 0.05) is 22.7 Å². The fourth-order valence-corrected chi connectivity index (χ4v) is 3.86. The number of nitrogens with zero attached hydrogens (tertiary/aromatic N) is 4. The third-order valence-corrected chi connectivity index (χ3v) is 5.40. The van der Waals surface area contributed by atoms with Crippen LogP contribution in [0.4, 0.5) is 5.69 Å². The van der Waals surface area contributed by atoms with Crippen molar-refractivity contribution < 1.29 is 4.79 Å². The molecule has 0 aliphatic carbocycles. The lowest BCUT2D eigenvalue weighted by Crippen LogP contribution is -2.14. The Balaban J connectivity index is 1.51. The minimum atomic E-state index is -0.0807. The third kappa shape index (κ3) is 4.05. The normalized spacial score (nSPS) is 11.1. The molecule has 0 fully saturated rings. The molecule has 0 saturated carbocycles. The molecule has 142 valence electrons. The summed E-state index contributed by atoms with van der Waals surface area (Å²) in [4.78, 5) is 13.1. The highest BCUT2D eigenvalue weighted by Crippen LogP contribution is 2.27. The van der Waals surface area contributed by atoms with Crippen LogP contribution >= 0.6 is 22.9 Å². The predicted octanol–water partition coefficient (Wildman–Crippen LogP) is 4.64. The van der Waals surface area contributed by atoms with Gasteiger partial charge in [-0.3, -0.25) is 4.79 Å². The molecule has 0 atom stereocenters. The molecule has 0 bridgehead atoms. The van der Waals surface area contributed by atoms with Gasteiger partial charge in [-0.25, -0.2) is 0 Å². The Morgan fingerprint density at radius 2 is 2.00 bits per heavy atom. The summed E-state index contributed by atoms with van der Waals surface area (Å²) < 4.78 is 1.80. The van der Waals surface area contributed by atoms with Gasteiger partial charge in [0.05, 0.1) is 6.42 Å². The van der Waals surface area contributed by atoms with E-state index in [1.54, 1.807) is 16.6 Å². The molecule has 6 nitrogen and oxygen atoms in total. The Bertz CT molecular complexity index is 1120. The molecule has 4 aromatic rings. The van der Waals surface area contributed by atoms with E-state index in [9.17, 15) is 4.79 Å². The molecule has 2 aromatic carbocycles. The van der Waals surface area contributed by atoms with Gasteiger partial charge in [-0.15, -0.1) is 10.2 Å². The fraction of sp³-hybridized carbons (Fsp3) is 0.200. The van der Waals surface area contributed by atoms with E-state index in [1.807, 2.05) is 36.4 Å². The molecule has 8 heteroatoms. The number of benzene rings is 2. The van der Waals surface area contributed by atoms with Crippen molar-refractivity contribution in [3.05, 3.63) is 64.9 Å². The van der Waals surface area contributed by atoms with Gasteiger partial charge < -0.3 is 5.32 Å². The number of hydrogen-bond donors (Lipinski definition) is 1. The Morgan fingerprint density at radius 3 is 2.79 bits per heavy atom. The molecule has 2 heterocycles. The van der Waals surface area contributed by atoms with Crippen LogP contribution in [0.15, 0.2) is 48.5 Å². The fourth-order valence-electron chi connectivity index (χ4n) is 2.88. The van der Waals surface area contributed by atoms with Crippen LogP contribution in [0.25, 0.3) is 15.5 Å². The molecule has 28 heavy (non-hydrogen) atoms. The second-order valence-corrected chi connectivity index (χ2v) is 7.79. The minimum absolute atomic E-state index is 0.0807. The molecule has 0 saturated heterocycles. The van der Waals surface area contributed by atoms with E-state index in [4.69, 9.17) is 11.6 Å². The highest BCUT2D eigenvalue weighted by molar-refractivity contribution is 7.19. The highest BCUT2D eigenvalue weighted by Gasteiger charge is 2.13. The second kappa shape index (κ2) is 8.08. The van der Waals surface area contributed by atoms with Crippen LogP contribution in [0.2, 0.25) is 5.02 Å². The summed E-state index contributed by atoms with van der Waals surface area (Å²) in [5.41, 5.74) is 2.58. The maximum absolute atomic E-state index is 12.4. The Labute approximate surface area is 171 Å². The summed E-state index contributed by atoms with van der Waals surface area (Å²) in [5.74, 6) is 0.787. The van der Waals surface area contributed by atoms with Gasteiger partial charge >= 0.3 is 0 Å². The lowest BCUT2D eigenvalue weighted by atomic mass is 10.1. The van der Waals surface area contributed by atoms with Crippen molar-refractivity contribution in [3.63, 3.8) is 0 Å². The van der Waals surface area contributed by atoms with Crippen LogP contribution in [0.5, 0.6) is 0 Å². The molecule has 4 rings (SSSR count). The zero-order chi connectivity index (χ0) is 19.5. The van der Waals surface area contributed by atoms with E-state index in [1.165, 1.54) is 11.3 Å². The molecule has 0 aliphatic heterocycles. The molecule has 0 radical (unpaired) electrons. The first-order chi connectivity index (χ1) is 13.6. The Morgan fingerprint density at radius 1 is 1.18 bits per heavy atom. The SMILES string of the molecule is CCCc1nnc2sc(-c3cccc(NC(=O)Cc4ccc(Cl)cc4)c3)nn12. The van der Waals surface area contributed by atoms with Crippen LogP contribution in [0.1, 0.15) is 24.7 Å². The zero-order valence-corrected chi connectivity index (χ0v) is 16.8. The van der Waals surface area contributed by atoms with E-state index in [2.05, 4.69) is 27.5 Å². The molecule has 0 aliphatic rings. The molecular weight excluding hydrogens is 394 g/mol. The zero-order valence-electron chi connectivity index (χ0n) is 15.2. The number of hydrogen-bond acceptors (Lipinski definition) is 5. The van der Waals surface area contributed by atoms with E-state index in [-0.39, 0.29) is 5.91 Å². The molecule has 1 N–H and O–H groups in total. The number of rotatable bonds is 6. The number of amides is 1. The maximum Gasteiger partial charge on any atom is 0.234 e. The monoisotopic (exact) mass is 411 g/mol. The Hall–Kier alpha value is -2.77. The van der Waals surface area contributed by atoms with Gasteiger partial charge in [-0.05, 0) is 36.2 Å². The van der Waals surface area contributed by atoms with E-state index >= 15 is 0 Å². The number of nitrogens with one attached hydrogen (secondary N) is 1. The lowest BCUT2D eigenvalue weighted by Gasteiger charge is -2.07. The van der Waals surface area contributed by atoms with Crippen LogP contribution in [0.3, 0.4) is 0 Å². The number of halogens is 1. The van der Waals surface area contributed by atoms with Gasteiger partial charge in [0.25, 0.3) is 0 Å². The summed E-state index contributed by atoms with van der Waals surface area (Å²) in [6.07, 6.45) is 2.12. The first-order valence-electron chi connectivity index (χ1n) is 8.98. The first-order valence-corrected chi connectivity index (χ1v) is 10.2. The van der Waals surface area contributed by atoms with Crippen molar-refractivity contribution >= 4 is 39.5 Å². The number of carbonyl (C=O) groups is 1. The Kier molecular flexibility index (Phi) is 5.36. The standard InChI is InChI=1S/C20H18ClN5OS/c1-2-4-17-23-24-20-26(17)25-19(28-20)14-5-3-6-16(12-14)22-18(27)11-13-7-9-15(21)10-8-13/h3,5-10,12H,2,4,11H2,1H3,(H,22,27). The first kappa shape index (κ1) is 18.6. The summed E-state index contributed by atoms with van der Waals surface area (Å²) >= 11 is 7.37. The van der Waals surface area contributed by atoms with Crippen molar-refractivity contribution in [1.82, 2.24) is 19.8 Å². The number of fused-ring (bicyclic) bond motifs is 1. The number of aryl methyl sites for hydroxylation is 1. The molecule has 1 amide bonds. The third-order valence-electron chi connectivity index (χ3n) is 4.20. The molecule has 2 aromatic heterocycles. The van der Waals surface area contributed by atoms with Crippen molar-refractivity contribution in [2.75, 3.05) is 5.32 Å². The summed E-state index contributed by atoms with van der Waals surface area (Å²) in [5, 5.41) is 17.5. The van der Waals surface area contributed by atoms with Crippen LogP contribution in [0, 0.1) is 0 Å². The predicted molar refractivity (Wildman–Crippen MR) is 112 cm³/mol. The van der Waals surface area contributed by atoms with Gasteiger partial charge in [-0.2, -0.15) is 9.61 Å². The second-order valence-electron chi connectivity index (χ2n) is 6.40. The summed E-state index contributed by atoms with van der Waals surface area (Å²) in [6, 6.07) is 14.9. The van der Waals surface area contributed by atoms with Crippen LogP contribution < -0.4 is 5.32 Å². The van der Waals surface area contributed by atoms with E-state index in [0.29, 0.717) is 11.4 Å². The smallest absolute Gasteiger partial charge is 0.234 e. The minimum Gasteiger partial charge on any atom is -0.326 e. The summed E-state index contributed by atoms with van der Waals surface area (Å²) in [6.45, 7) is 2.10. The van der Waals surface area contributed by atoms with Crippen molar-refractivity contribution in [3.8, 4) is 10.6 Å². The highest BCUT2D eigenvalue weighted by atomic mass is 35.5. The van der Waals surface area contributed by atoms with Gasteiger partial charge in [0.1, 0.15) is 5.01 Å².